The van der Waals surface area contributed by atoms with Gasteiger partial charge in [0.15, 0.2) is 10.8 Å². The second-order valence-corrected chi connectivity index (χ2v) is 4.68. The van der Waals surface area contributed by atoms with Crippen LogP contribution < -0.4 is 5.32 Å². The van der Waals surface area contributed by atoms with Crippen molar-refractivity contribution in [2.45, 2.75) is 38.1 Å². The van der Waals surface area contributed by atoms with Crippen LogP contribution in [0, 0.1) is 0 Å². The predicted octanol–water partition coefficient (Wildman–Crippen LogP) is 2.59. The second-order valence-electron chi connectivity index (χ2n) is 3.82. The fraction of sp³-hybridized carbons (Fsp3) is 0.600. The van der Waals surface area contributed by atoms with Gasteiger partial charge in [-0.1, -0.05) is 19.3 Å². The van der Waals surface area contributed by atoms with E-state index in [1.54, 1.807) is 5.38 Å². The number of rotatable bonds is 3. The molecule has 1 saturated carbocycles. The lowest BCUT2D eigenvalue weighted by Crippen LogP contribution is -2.22. The van der Waals surface area contributed by atoms with Gasteiger partial charge in [-0.05, 0) is 12.8 Å². The lowest BCUT2D eigenvalue weighted by Gasteiger charge is -2.22. The summed E-state index contributed by atoms with van der Waals surface area (Å²) in [4.78, 5) is 14.6. The Morgan fingerprint density at radius 2 is 2.20 bits per heavy atom. The molecule has 15 heavy (non-hydrogen) atoms. The monoisotopic (exact) mass is 226 g/mol. The highest BCUT2D eigenvalue weighted by atomic mass is 32.1. The SMILES string of the molecule is O=C(O)c1csc(NC2CCCCC2)n1. The minimum absolute atomic E-state index is 0.137. The molecule has 82 valence electrons. The van der Waals surface area contributed by atoms with Crippen LogP contribution in [0.2, 0.25) is 0 Å². The van der Waals surface area contributed by atoms with Gasteiger partial charge in [0.2, 0.25) is 0 Å². The molecule has 1 aliphatic carbocycles. The topological polar surface area (TPSA) is 62.2 Å². The molecule has 1 aromatic rings. The van der Waals surface area contributed by atoms with Crippen LogP contribution in [0.25, 0.3) is 0 Å². The Kier molecular flexibility index (Phi) is 3.20. The lowest BCUT2D eigenvalue weighted by molar-refractivity contribution is 0.0691. The number of aromatic carboxylic acids is 1. The minimum Gasteiger partial charge on any atom is -0.476 e. The van der Waals surface area contributed by atoms with Crippen molar-refractivity contribution in [1.82, 2.24) is 4.98 Å². The number of hydrogen-bond acceptors (Lipinski definition) is 4. The van der Waals surface area contributed by atoms with Gasteiger partial charge in [0.25, 0.3) is 0 Å². The number of carbonyl (C=O) groups is 1. The number of nitrogens with zero attached hydrogens (tertiary/aromatic N) is 1. The molecule has 5 heteroatoms. The fourth-order valence-corrected chi connectivity index (χ4v) is 2.62. The molecule has 0 unspecified atom stereocenters. The standard InChI is InChI=1S/C10H14N2O2S/c13-9(14)8-6-15-10(12-8)11-7-4-2-1-3-5-7/h6-7H,1-5H2,(H,11,12)(H,13,14). The molecule has 1 heterocycles. The summed E-state index contributed by atoms with van der Waals surface area (Å²) in [5, 5.41) is 14.3. The van der Waals surface area contributed by atoms with Gasteiger partial charge in [-0.2, -0.15) is 0 Å². The first-order chi connectivity index (χ1) is 7.25. The average molecular weight is 226 g/mol. The summed E-state index contributed by atoms with van der Waals surface area (Å²) >= 11 is 1.37. The van der Waals surface area contributed by atoms with Gasteiger partial charge in [0.05, 0.1) is 0 Å². The Morgan fingerprint density at radius 3 is 2.80 bits per heavy atom. The van der Waals surface area contributed by atoms with Crippen LogP contribution in [-0.2, 0) is 0 Å². The number of thiazole rings is 1. The summed E-state index contributed by atoms with van der Waals surface area (Å²) < 4.78 is 0. The molecule has 2 rings (SSSR count). The van der Waals surface area contributed by atoms with E-state index in [9.17, 15) is 4.79 Å². The van der Waals surface area contributed by atoms with Crippen molar-refractivity contribution in [2.75, 3.05) is 5.32 Å². The molecule has 0 bridgehead atoms. The normalized spacial score (nSPS) is 17.6. The number of nitrogens with one attached hydrogen (secondary N) is 1. The zero-order chi connectivity index (χ0) is 10.7. The summed E-state index contributed by atoms with van der Waals surface area (Å²) in [6, 6.07) is 0.478. The van der Waals surface area contributed by atoms with Crippen LogP contribution in [0.1, 0.15) is 42.6 Å². The van der Waals surface area contributed by atoms with E-state index in [4.69, 9.17) is 5.11 Å². The second kappa shape index (κ2) is 4.61. The third-order valence-electron chi connectivity index (χ3n) is 2.66. The molecule has 0 amide bonds. The summed E-state index contributed by atoms with van der Waals surface area (Å²) in [5.41, 5.74) is 0.137. The first-order valence-corrected chi connectivity index (χ1v) is 6.09. The van der Waals surface area contributed by atoms with E-state index in [1.165, 1.54) is 43.4 Å². The van der Waals surface area contributed by atoms with E-state index in [-0.39, 0.29) is 5.69 Å². The van der Waals surface area contributed by atoms with Crippen molar-refractivity contribution < 1.29 is 9.90 Å². The molecule has 0 radical (unpaired) electrons. The van der Waals surface area contributed by atoms with Crippen molar-refractivity contribution in [2.24, 2.45) is 0 Å². The van der Waals surface area contributed by atoms with Crippen molar-refractivity contribution >= 4 is 22.4 Å². The molecule has 0 spiro atoms. The van der Waals surface area contributed by atoms with Gasteiger partial charge < -0.3 is 10.4 Å². The van der Waals surface area contributed by atoms with E-state index in [2.05, 4.69) is 10.3 Å². The Bertz CT molecular complexity index is 345. The van der Waals surface area contributed by atoms with Crippen LogP contribution in [0.5, 0.6) is 0 Å². The highest BCUT2D eigenvalue weighted by molar-refractivity contribution is 7.13. The summed E-state index contributed by atoms with van der Waals surface area (Å²) in [5.74, 6) is -0.956. The molecule has 4 nitrogen and oxygen atoms in total. The molecular formula is C10H14N2O2S. The predicted molar refractivity (Wildman–Crippen MR) is 59.6 cm³/mol. The van der Waals surface area contributed by atoms with Crippen LogP contribution in [0.15, 0.2) is 5.38 Å². The molecule has 1 aromatic heterocycles. The number of anilines is 1. The largest absolute Gasteiger partial charge is 0.476 e. The maximum Gasteiger partial charge on any atom is 0.355 e. The van der Waals surface area contributed by atoms with Gasteiger partial charge in [0.1, 0.15) is 0 Å². The van der Waals surface area contributed by atoms with Gasteiger partial charge in [-0.3, -0.25) is 0 Å². The Balaban J connectivity index is 1.94. The Morgan fingerprint density at radius 1 is 1.47 bits per heavy atom. The minimum atomic E-state index is -0.956. The third-order valence-corrected chi connectivity index (χ3v) is 3.43. The van der Waals surface area contributed by atoms with Crippen molar-refractivity contribution in [3.63, 3.8) is 0 Å². The molecule has 2 N–H and O–H groups in total. The highest BCUT2D eigenvalue weighted by Crippen LogP contribution is 2.23. The molecule has 0 saturated heterocycles. The maximum atomic E-state index is 10.6. The van der Waals surface area contributed by atoms with E-state index in [0.717, 1.165) is 5.13 Å². The molecule has 1 aliphatic rings. The zero-order valence-corrected chi connectivity index (χ0v) is 9.22. The summed E-state index contributed by atoms with van der Waals surface area (Å²) in [6.07, 6.45) is 6.17. The lowest BCUT2D eigenvalue weighted by atomic mass is 9.96. The van der Waals surface area contributed by atoms with Crippen LogP contribution in [-0.4, -0.2) is 22.1 Å². The molecular weight excluding hydrogens is 212 g/mol. The van der Waals surface area contributed by atoms with Crippen molar-refractivity contribution in [3.05, 3.63) is 11.1 Å². The Hall–Kier alpha value is -1.10. The van der Waals surface area contributed by atoms with Gasteiger partial charge >= 0.3 is 5.97 Å². The van der Waals surface area contributed by atoms with E-state index < -0.39 is 5.97 Å². The number of aromatic nitrogens is 1. The van der Waals surface area contributed by atoms with Crippen LogP contribution in [0.4, 0.5) is 5.13 Å². The van der Waals surface area contributed by atoms with Crippen molar-refractivity contribution in [3.8, 4) is 0 Å². The number of carboxylic acid groups (broad SMARTS) is 1. The smallest absolute Gasteiger partial charge is 0.355 e. The highest BCUT2D eigenvalue weighted by Gasteiger charge is 2.15. The number of hydrogen-bond donors (Lipinski definition) is 2. The average Bonchev–Trinajstić information content (AvgIpc) is 2.68. The first-order valence-electron chi connectivity index (χ1n) is 5.21. The quantitative estimate of drug-likeness (QED) is 0.831. The molecule has 0 aliphatic heterocycles. The Labute approximate surface area is 92.3 Å². The maximum absolute atomic E-state index is 10.6. The van der Waals surface area contributed by atoms with Crippen LogP contribution in [0.3, 0.4) is 0 Å². The molecule has 1 fully saturated rings. The van der Waals surface area contributed by atoms with E-state index in [1.807, 2.05) is 0 Å². The number of carboxylic acids is 1. The molecule has 0 atom stereocenters. The third kappa shape index (κ3) is 2.68. The fourth-order valence-electron chi connectivity index (χ4n) is 1.86. The van der Waals surface area contributed by atoms with Crippen LogP contribution >= 0.6 is 11.3 Å². The van der Waals surface area contributed by atoms with Gasteiger partial charge in [0, 0.05) is 11.4 Å². The molecule has 0 aromatic carbocycles. The van der Waals surface area contributed by atoms with E-state index in [0.29, 0.717) is 6.04 Å². The van der Waals surface area contributed by atoms with E-state index >= 15 is 0 Å². The summed E-state index contributed by atoms with van der Waals surface area (Å²) in [7, 11) is 0. The van der Waals surface area contributed by atoms with Gasteiger partial charge in [-0.15, -0.1) is 11.3 Å². The first kappa shape index (κ1) is 10.4. The zero-order valence-electron chi connectivity index (χ0n) is 8.40. The summed E-state index contributed by atoms with van der Waals surface area (Å²) in [6.45, 7) is 0. The van der Waals surface area contributed by atoms with Crippen molar-refractivity contribution in [1.29, 1.82) is 0 Å². The van der Waals surface area contributed by atoms with Gasteiger partial charge in [-0.25, -0.2) is 9.78 Å².